The minimum atomic E-state index is -0.365. The molecule has 0 aromatic heterocycles. The molecular weight excluding hydrogens is 250 g/mol. The molecule has 3 nitrogen and oxygen atoms in total. The van der Waals surface area contributed by atoms with Gasteiger partial charge in [0.15, 0.2) is 0 Å². The van der Waals surface area contributed by atoms with Gasteiger partial charge in [-0.25, -0.2) is 0 Å². The molecule has 1 aliphatic rings. The van der Waals surface area contributed by atoms with Crippen LogP contribution in [0.2, 0.25) is 0 Å². The maximum absolute atomic E-state index is 10.2. The summed E-state index contributed by atoms with van der Waals surface area (Å²) in [5.74, 6) is 0.292. The molecule has 20 heavy (non-hydrogen) atoms. The molecule has 0 aliphatic carbocycles. The largest absolute Gasteiger partial charge is 0.508 e. The van der Waals surface area contributed by atoms with Crippen molar-refractivity contribution < 1.29 is 10.2 Å². The molecule has 0 saturated heterocycles. The molecule has 1 aliphatic heterocycles. The van der Waals surface area contributed by atoms with Crippen molar-refractivity contribution in [1.29, 1.82) is 0 Å². The lowest BCUT2D eigenvalue weighted by atomic mass is 10.0. The van der Waals surface area contributed by atoms with Crippen molar-refractivity contribution in [2.24, 2.45) is 0 Å². The summed E-state index contributed by atoms with van der Waals surface area (Å²) in [6.07, 6.45) is 1.42. The Labute approximate surface area is 119 Å². The normalized spacial score (nSPS) is 18.4. The molecule has 1 unspecified atom stereocenters. The van der Waals surface area contributed by atoms with Crippen LogP contribution in [0.3, 0.4) is 0 Å². The number of nitrogens with zero attached hydrogens (tertiary/aromatic N) is 1. The molecule has 1 heterocycles. The number of hydrogen-bond acceptors (Lipinski definition) is 3. The van der Waals surface area contributed by atoms with E-state index >= 15 is 0 Å². The zero-order valence-electron chi connectivity index (χ0n) is 11.4. The van der Waals surface area contributed by atoms with E-state index in [0.717, 1.165) is 42.7 Å². The van der Waals surface area contributed by atoms with Gasteiger partial charge in [-0.1, -0.05) is 30.3 Å². The third-order valence-electron chi connectivity index (χ3n) is 3.85. The van der Waals surface area contributed by atoms with Gasteiger partial charge in [-0.05, 0) is 36.6 Å². The third kappa shape index (κ3) is 2.63. The fourth-order valence-corrected chi connectivity index (χ4v) is 2.79. The van der Waals surface area contributed by atoms with Crippen LogP contribution in [-0.4, -0.2) is 16.8 Å². The van der Waals surface area contributed by atoms with E-state index in [9.17, 15) is 10.2 Å². The van der Waals surface area contributed by atoms with E-state index in [-0.39, 0.29) is 6.10 Å². The molecule has 0 bridgehead atoms. The lowest BCUT2D eigenvalue weighted by molar-refractivity contribution is 0.168. The summed E-state index contributed by atoms with van der Waals surface area (Å²) in [6.45, 7) is 1.74. The van der Waals surface area contributed by atoms with Gasteiger partial charge in [0.1, 0.15) is 5.75 Å². The lowest BCUT2D eigenvalue weighted by Gasteiger charge is -2.25. The number of para-hydroxylation sites is 1. The van der Waals surface area contributed by atoms with E-state index in [4.69, 9.17) is 0 Å². The Morgan fingerprint density at radius 1 is 1.05 bits per heavy atom. The highest BCUT2D eigenvalue weighted by atomic mass is 16.3. The molecule has 2 aromatic carbocycles. The Bertz CT molecular complexity index is 580. The van der Waals surface area contributed by atoms with Crippen molar-refractivity contribution in [1.82, 2.24) is 0 Å². The van der Waals surface area contributed by atoms with Gasteiger partial charge in [-0.15, -0.1) is 0 Å². The number of anilines is 1. The summed E-state index contributed by atoms with van der Waals surface area (Å²) in [6, 6.07) is 15.4. The predicted molar refractivity (Wildman–Crippen MR) is 79.8 cm³/mol. The molecule has 1 atom stereocenters. The Morgan fingerprint density at radius 3 is 2.60 bits per heavy atom. The number of hydrogen-bond donors (Lipinski definition) is 2. The van der Waals surface area contributed by atoms with Gasteiger partial charge in [0.2, 0.25) is 0 Å². The first-order valence-electron chi connectivity index (χ1n) is 7.04. The van der Waals surface area contributed by atoms with Gasteiger partial charge in [-0.3, -0.25) is 0 Å². The van der Waals surface area contributed by atoms with E-state index < -0.39 is 0 Å². The van der Waals surface area contributed by atoms with Gasteiger partial charge in [0, 0.05) is 24.3 Å². The van der Waals surface area contributed by atoms with Crippen molar-refractivity contribution in [3.8, 4) is 5.75 Å². The summed E-state index contributed by atoms with van der Waals surface area (Å²) in [5, 5.41) is 19.6. The number of benzene rings is 2. The minimum absolute atomic E-state index is 0.292. The number of aromatic hydroxyl groups is 1. The Hall–Kier alpha value is -2.00. The summed E-state index contributed by atoms with van der Waals surface area (Å²) < 4.78 is 0. The molecule has 0 fully saturated rings. The van der Waals surface area contributed by atoms with Crippen LogP contribution in [0, 0.1) is 0 Å². The zero-order valence-corrected chi connectivity index (χ0v) is 11.4. The van der Waals surface area contributed by atoms with Crippen molar-refractivity contribution in [3.63, 3.8) is 0 Å². The fraction of sp³-hybridized carbons (Fsp3) is 0.294. The molecule has 104 valence electrons. The number of rotatable bonds is 2. The highest BCUT2D eigenvalue weighted by molar-refractivity contribution is 5.55. The maximum Gasteiger partial charge on any atom is 0.115 e. The molecular formula is C17H19NO2. The van der Waals surface area contributed by atoms with Gasteiger partial charge < -0.3 is 15.1 Å². The standard InChI is InChI=1S/C17H19NO2/c19-14-9-7-13(8-10-14)12-18-11-3-6-17(20)15-4-1-2-5-16(15)18/h1-2,4-5,7-10,17,19-20H,3,6,11-12H2. The number of fused-ring (bicyclic) bond motifs is 1. The van der Waals surface area contributed by atoms with Crippen molar-refractivity contribution >= 4 is 5.69 Å². The molecule has 0 amide bonds. The molecule has 2 N–H and O–H groups in total. The van der Waals surface area contributed by atoms with E-state index in [1.807, 2.05) is 30.3 Å². The van der Waals surface area contributed by atoms with Crippen LogP contribution >= 0.6 is 0 Å². The predicted octanol–water partition coefficient (Wildman–Crippen LogP) is 3.23. The van der Waals surface area contributed by atoms with Crippen LogP contribution in [0.15, 0.2) is 48.5 Å². The van der Waals surface area contributed by atoms with Crippen molar-refractivity contribution in [2.75, 3.05) is 11.4 Å². The average Bonchev–Trinajstić information content (AvgIpc) is 2.62. The van der Waals surface area contributed by atoms with E-state index in [1.165, 1.54) is 0 Å². The van der Waals surface area contributed by atoms with Crippen LogP contribution in [0.25, 0.3) is 0 Å². The smallest absolute Gasteiger partial charge is 0.115 e. The third-order valence-corrected chi connectivity index (χ3v) is 3.85. The second-order valence-corrected chi connectivity index (χ2v) is 5.30. The van der Waals surface area contributed by atoms with Crippen LogP contribution in [0.4, 0.5) is 5.69 Å². The highest BCUT2D eigenvalue weighted by Crippen LogP contribution is 2.33. The second kappa shape index (κ2) is 5.55. The number of phenolic OH excluding ortho intramolecular Hbond substituents is 1. The van der Waals surface area contributed by atoms with Gasteiger partial charge in [-0.2, -0.15) is 0 Å². The second-order valence-electron chi connectivity index (χ2n) is 5.30. The first-order valence-corrected chi connectivity index (χ1v) is 7.04. The molecule has 0 radical (unpaired) electrons. The van der Waals surface area contributed by atoms with Gasteiger partial charge >= 0.3 is 0 Å². The highest BCUT2D eigenvalue weighted by Gasteiger charge is 2.20. The topological polar surface area (TPSA) is 43.7 Å². The quantitative estimate of drug-likeness (QED) is 0.879. The first kappa shape index (κ1) is 13.0. The van der Waals surface area contributed by atoms with Gasteiger partial charge in [0.05, 0.1) is 6.10 Å². The van der Waals surface area contributed by atoms with Crippen LogP contribution in [-0.2, 0) is 6.54 Å². The van der Waals surface area contributed by atoms with Crippen molar-refractivity contribution in [3.05, 3.63) is 59.7 Å². The van der Waals surface area contributed by atoms with E-state index in [0.29, 0.717) is 5.75 Å². The first-order chi connectivity index (χ1) is 9.74. The average molecular weight is 269 g/mol. The Morgan fingerprint density at radius 2 is 1.80 bits per heavy atom. The minimum Gasteiger partial charge on any atom is -0.508 e. The molecule has 3 heteroatoms. The molecule has 3 rings (SSSR count). The van der Waals surface area contributed by atoms with Crippen LogP contribution in [0.5, 0.6) is 5.75 Å². The van der Waals surface area contributed by atoms with E-state index in [1.54, 1.807) is 12.1 Å². The summed E-state index contributed by atoms with van der Waals surface area (Å²) >= 11 is 0. The lowest BCUT2D eigenvalue weighted by Crippen LogP contribution is -2.23. The van der Waals surface area contributed by atoms with Gasteiger partial charge in [0.25, 0.3) is 0 Å². The summed E-state index contributed by atoms with van der Waals surface area (Å²) in [7, 11) is 0. The molecule has 0 spiro atoms. The number of aliphatic hydroxyl groups is 1. The number of aliphatic hydroxyl groups excluding tert-OH is 1. The maximum atomic E-state index is 10.2. The van der Waals surface area contributed by atoms with Crippen LogP contribution < -0.4 is 4.90 Å². The van der Waals surface area contributed by atoms with E-state index in [2.05, 4.69) is 11.0 Å². The van der Waals surface area contributed by atoms with Crippen molar-refractivity contribution in [2.45, 2.75) is 25.5 Å². The monoisotopic (exact) mass is 269 g/mol. The Balaban J connectivity index is 1.89. The molecule has 2 aromatic rings. The summed E-state index contributed by atoms with van der Waals surface area (Å²) in [5.41, 5.74) is 3.29. The number of phenols is 1. The van der Waals surface area contributed by atoms with Crippen LogP contribution in [0.1, 0.15) is 30.1 Å². The molecule has 0 saturated carbocycles. The Kier molecular flexibility index (Phi) is 3.61. The zero-order chi connectivity index (χ0) is 13.9. The fourth-order valence-electron chi connectivity index (χ4n) is 2.79. The SMILES string of the molecule is Oc1ccc(CN2CCCC(O)c3ccccc32)cc1. The summed E-state index contributed by atoms with van der Waals surface area (Å²) in [4.78, 5) is 2.30.